The molecule has 3 rings (SSSR count). The van der Waals surface area contributed by atoms with Gasteiger partial charge in [-0.3, -0.25) is 9.69 Å². The van der Waals surface area contributed by atoms with E-state index in [-0.39, 0.29) is 18.3 Å². The monoisotopic (exact) mass is 357 g/mol. The minimum absolute atomic E-state index is 0. The fraction of sp³-hybridized carbons (Fsp3) is 0.812. The van der Waals surface area contributed by atoms with E-state index in [0.29, 0.717) is 24.4 Å². The Hall–Kier alpha value is -1.18. The predicted molar refractivity (Wildman–Crippen MR) is 93.0 cm³/mol. The first kappa shape index (κ1) is 19.1. The van der Waals surface area contributed by atoms with E-state index in [1.54, 1.807) is 0 Å². The van der Waals surface area contributed by atoms with E-state index in [1.807, 2.05) is 11.8 Å². The molecule has 0 unspecified atom stereocenters. The number of aromatic nitrogens is 2. The number of hydrogen-bond acceptors (Lipinski definition) is 6. The summed E-state index contributed by atoms with van der Waals surface area (Å²) >= 11 is 0. The number of rotatable bonds is 4. The molecule has 7 nitrogen and oxygen atoms in total. The van der Waals surface area contributed by atoms with Gasteiger partial charge in [0.05, 0.1) is 6.54 Å². The summed E-state index contributed by atoms with van der Waals surface area (Å²) in [5.74, 6) is 1.97. The first-order chi connectivity index (χ1) is 11.2. The number of hydrogen-bond donors (Lipinski definition) is 1. The van der Waals surface area contributed by atoms with E-state index in [4.69, 9.17) is 4.52 Å². The van der Waals surface area contributed by atoms with Gasteiger partial charge in [-0.05, 0) is 26.3 Å². The molecule has 0 bridgehead atoms. The number of nitrogens with zero attached hydrogens (tertiary/aromatic N) is 4. The maximum absolute atomic E-state index is 12.6. The number of nitrogens with one attached hydrogen (secondary N) is 1. The third kappa shape index (κ3) is 4.68. The number of halogens is 1. The lowest BCUT2D eigenvalue weighted by molar-refractivity contribution is -0.138. The summed E-state index contributed by atoms with van der Waals surface area (Å²) in [5, 5.41) is 7.41. The van der Waals surface area contributed by atoms with Crippen molar-refractivity contribution in [3.63, 3.8) is 0 Å². The molecule has 0 aliphatic carbocycles. The van der Waals surface area contributed by atoms with E-state index >= 15 is 0 Å². The Morgan fingerprint density at radius 3 is 2.71 bits per heavy atom. The maximum Gasteiger partial charge on any atom is 0.226 e. The smallest absolute Gasteiger partial charge is 0.226 e. The molecule has 8 heteroatoms. The van der Waals surface area contributed by atoms with Crippen LogP contribution >= 0.6 is 12.4 Å². The van der Waals surface area contributed by atoms with Crippen LogP contribution in [0, 0.1) is 5.92 Å². The van der Waals surface area contributed by atoms with Crippen LogP contribution in [-0.2, 0) is 17.8 Å². The Morgan fingerprint density at radius 1 is 1.33 bits per heavy atom. The Kier molecular flexibility index (Phi) is 7.01. The van der Waals surface area contributed by atoms with Gasteiger partial charge in [0.15, 0.2) is 5.82 Å². The van der Waals surface area contributed by atoms with Gasteiger partial charge in [-0.25, -0.2) is 0 Å². The van der Waals surface area contributed by atoms with E-state index in [1.165, 1.54) is 0 Å². The number of carbonyl (C=O) groups excluding carboxylic acids is 1. The molecule has 1 aromatic heterocycles. The van der Waals surface area contributed by atoms with Crippen molar-refractivity contribution in [3.05, 3.63) is 11.7 Å². The molecule has 1 aromatic rings. The quantitative estimate of drug-likeness (QED) is 0.869. The minimum Gasteiger partial charge on any atom is -0.340 e. The molecule has 136 valence electrons. The van der Waals surface area contributed by atoms with Gasteiger partial charge in [0.25, 0.3) is 0 Å². The van der Waals surface area contributed by atoms with Crippen molar-refractivity contribution in [1.82, 2.24) is 25.3 Å². The molecule has 2 aliphatic rings. The van der Waals surface area contributed by atoms with Crippen molar-refractivity contribution in [2.24, 2.45) is 5.92 Å². The van der Waals surface area contributed by atoms with Crippen LogP contribution < -0.4 is 5.32 Å². The first-order valence-electron chi connectivity index (χ1n) is 8.71. The number of aryl methyl sites for hydroxylation is 1. The molecule has 0 aromatic carbocycles. The summed E-state index contributed by atoms with van der Waals surface area (Å²) in [6.07, 6.45) is 2.69. The van der Waals surface area contributed by atoms with E-state index in [9.17, 15) is 4.79 Å². The molecule has 24 heavy (non-hydrogen) atoms. The maximum atomic E-state index is 12.6. The molecule has 1 N–H and O–H groups in total. The molecule has 2 aliphatic heterocycles. The Labute approximate surface area is 149 Å². The highest BCUT2D eigenvalue weighted by molar-refractivity contribution is 5.85. The van der Waals surface area contributed by atoms with Crippen molar-refractivity contribution < 1.29 is 9.32 Å². The second-order valence-corrected chi connectivity index (χ2v) is 6.64. The summed E-state index contributed by atoms with van der Waals surface area (Å²) in [7, 11) is 0. The van der Waals surface area contributed by atoms with E-state index in [2.05, 4.69) is 27.3 Å². The van der Waals surface area contributed by atoms with Crippen LogP contribution in [0.15, 0.2) is 4.52 Å². The summed E-state index contributed by atoms with van der Waals surface area (Å²) in [6.45, 7) is 9.18. The second-order valence-electron chi connectivity index (χ2n) is 6.64. The highest BCUT2D eigenvalue weighted by Crippen LogP contribution is 2.20. The Morgan fingerprint density at radius 2 is 2.08 bits per heavy atom. The van der Waals surface area contributed by atoms with E-state index < -0.39 is 0 Å². The lowest BCUT2D eigenvalue weighted by atomic mass is 9.92. The zero-order valence-corrected chi connectivity index (χ0v) is 15.3. The average molecular weight is 358 g/mol. The number of piperazine rings is 1. The van der Waals surface area contributed by atoms with Crippen LogP contribution in [0.4, 0.5) is 0 Å². The van der Waals surface area contributed by atoms with Gasteiger partial charge in [-0.15, -0.1) is 12.4 Å². The van der Waals surface area contributed by atoms with Gasteiger partial charge in [0.2, 0.25) is 11.8 Å². The average Bonchev–Trinajstić information content (AvgIpc) is 3.02. The molecule has 2 saturated heterocycles. The molecule has 0 spiro atoms. The van der Waals surface area contributed by atoms with Crippen LogP contribution in [0.3, 0.4) is 0 Å². The largest absolute Gasteiger partial charge is 0.340 e. The fourth-order valence-electron chi connectivity index (χ4n) is 3.44. The van der Waals surface area contributed by atoms with Crippen molar-refractivity contribution in [1.29, 1.82) is 0 Å². The number of carbonyl (C=O) groups is 1. The van der Waals surface area contributed by atoms with Crippen molar-refractivity contribution >= 4 is 18.3 Å². The highest BCUT2D eigenvalue weighted by Gasteiger charge is 2.30. The molecule has 2 fully saturated rings. The van der Waals surface area contributed by atoms with Crippen molar-refractivity contribution in [2.45, 2.75) is 45.7 Å². The SMILES string of the molecule is CCc1nc(CN2CCN(C(=O)[C@H]3CCN[C@@H](C)C3)CC2)no1.Cl. The van der Waals surface area contributed by atoms with Gasteiger partial charge < -0.3 is 14.7 Å². The van der Waals surface area contributed by atoms with Crippen LogP contribution in [0.5, 0.6) is 0 Å². The van der Waals surface area contributed by atoms with Crippen LogP contribution in [0.25, 0.3) is 0 Å². The fourth-order valence-corrected chi connectivity index (χ4v) is 3.44. The summed E-state index contributed by atoms with van der Waals surface area (Å²) in [6, 6.07) is 0.449. The number of piperidine rings is 1. The molecular formula is C16H28ClN5O2. The standard InChI is InChI=1S/C16H27N5O2.ClH/c1-3-15-18-14(19-23-15)11-20-6-8-21(9-7-20)16(22)13-4-5-17-12(2)10-13;/h12-13,17H,3-11H2,1-2H3;1H/t12-,13-;/m0./s1. The summed E-state index contributed by atoms with van der Waals surface area (Å²) in [5.41, 5.74) is 0. The predicted octanol–water partition coefficient (Wildman–Crippen LogP) is 1.09. The topological polar surface area (TPSA) is 74.5 Å². The highest BCUT2D eigenvalue weighted by atomic mass is 35.5. The molecule has 0 saturated carbocycles. The van der Waals surface area contributed by atoms with Crippen molar-refractivity contribution in [3.8, 4) is 0 Å². The Bertz CT molecular complexity index is 530. The van der Waals surface area contributed by atoms with Crippen LogP contribution in [0.2, 0.25) is 0 Å². The van der Waals surface area contributed by atoms with Gasteiger partial charge in [-0.2, -0.15) is 4.98 Å². The van der Waals surface area contributed by atoms with Gasteiger partial charge in [0, 0.05) is 44.6 Å². The molecule has 2 atom stereocenters. The normalized spacial score (nSPS) is 25.3. The third-order valence-corrected chi connectivity index (χ3v) is 4.83. The minimum atomic E-state index is 0. The first-order valence-corrected chi connectivity index (χ1v) is 8.71. The second kappa shape index (κ2) is 8.78. The lowest BCUT2D eigenvalue weighted by Crippen LogP contribution is -2.51. The summed E-state index contributed by atoms with van der Waals surface area (Å²) in [4.78, 5) is 21.3. The number of amides is 1. The van der Waals surface area contributed by atoms with E-state index in [0.717, 1.165) is 57.8 Å². The van der Waals surface area contributed by atoms with Gasteiger partial charge >= 0.3 is 0 Å². The van der Waals surface area contributed by atoms with Gasteiger partial charge in [-0.1, -0.05) is 12.1 Å². The molecule has 3 heterocycles. The summed E-state index contributed by atoms with van der Waals surface area (Å²) < 4.78 is 5.15. The third-order valence-electron chi connectivity index (χ3n) is 4.83. The lowest BCUT2D eigenvalue weighted by Gasteiger charge is -2.37. The molecule has 0 radical (unpaired) electrons. The van der Waals surface area contributed by atoms with Crippen LogP contribution in [0.1, 0.15) is 38.4 Å². The molecular weight excluding hydrogens is 330 g/mol. The van der Waals surface area contributed by atoms with Gasteiger partial charge in [0.1, 0.15) is 0 Å². The zero-order valence-electron chi connectivity index (χ0n) is 14.5. The zero-order chi connectivity index (χ0) is 16.2. The van der Waals surface area contributed by atoms with Crippen LogP contribution in [-0.4, -0.2) is 64.6 Å². The Balaban J connectivity index is 0.00000208. The molecule has 1 amide bonds. The van der Waals surface area contributed by atoms with Crippen molar-refractivity contribution in [2.75, 3.05) is 32.7 Å².